The van der Waals surface area contributed by atoms with E-state index in [4.69, 9.17) is 0 Å². The fourth-order valence-corrected chi connectivity index (χ4v) is 3.26. The van der Waals surface area contributed by atoms with E-state index in [0.717, 1.165) is 18.4 Å². The summed E-state index contributed by atoms with van der Waals surface area (Å²) in [6, 6.07) is 10.7. The number of nitrogens with one attached hydrogen (secondary N) is 1. The highest BCUT2D eigenvalue weighted by Gasteiger charge is 2.17. The quantitative estimate of drug-likeness (QED) is 0.263. The molecule has 0 heterocycles. The van der Waals surface area contributed by atoms with Gasteiger partial charge in [0.15, 0.2) is 5.78 Å². The Morgan fingerprint density at radius 2 is 1.60 bits per heavy atom. The van der Waals surface area contributed by atoms with Crippen molar-refractivity contribution in [2.24, 2.45) is 11.8 Å². The zero-order chi connectivity index (χ0) is 26.5. The minimum Gasteiger partial charge on any atom is -0.322 e. The average Bonchev–Trinajstić information content (AvgIpc) is 2.86. The predicted octanol–water partition coefficient (Wildman–Crippen LogP) is 7.83. The van der Waals surface area contributed by atoms with Gasteiger partial charge in [0.05, 0.1) is 0 Å². The molecule has 1 N–H and O–H groups in total. The van der Waals surface area contributed by atoms with Gasteiger partial charge in [-0.1, -0.05) is 46.8 Å². The van der Waals surface area contributed by atoms with E-state index in [1.165, 1.54) is 29.8 Å². The summed E-state index contributed by atoms with van der Waals surface area (Å²) in [5.41, 5.74) is 3.81. The van der Waals surface area contributed by atoms with Crippen molar-refractivity contribution in [2.45, 2.75) is 73.6 Å². The van der Waals surface area contributed by atoms with Crippen LogP contribution in [-0.2, 0) is 11.2 Å². The third-order valence-electron chi connectivity index (χ3n) is 6.27. The van der Waals surface area contributed by atoms with Gasteiger partial charge in [-0.25, -0.2) is 4.39 Å². The summed E-state index contributed by atoms with van der Waals surface area (Å²) in [5, 5.41) is 2.79. The number of aryl methyl sites for hydroxylation is 1. The Labute approximate surface area is 210 Å². The molecule has 0 aliphatic carbocycles. The first kappa shape index (κ1) is 30.0. The third-order valence-corrected chi connectivity index (χ3v) is 6.27. The van der Waals surface area contributed by atoms with Gasteiger partial charge in [-0.3, -0.25) is 14.4 Å². The van der Waals surface area contributed by atoms with E-state index in [1.807, 2.05) is 40.7 Å². The molecular formula is C30H40FNO3. The van der Waals surface area contributed by atoms with Crippen LogP contribution in [0.3, 0.4) is 0 Å². The maximum Gasteiger partial charge on any atom is 0.255 e. The molecule has 2 atom stereocenters. The second-order valence-electron chi connectivity index (χ2n) is 9.04. The molecule has 2 aromatic carbocycles. The van der Waals surface area contributed by atoms with Gasteiger partial charge in [-0.2, -0.15) is 0 Å². The minimum absolute atomic E-state index is 0.0186. The van der Waals surface area contributed by atoms with Crippen molar-refractivity contribution in [2.75, 3.05) is 5.32 Å². The molecule has 0 saturated carbocycles. The highest BCUT2D eigenvalue weighted by atomic mass is 19.1. The van der Waals surface area contributed by atoms with E-state index in [2.05, 4.69) is 18.8 Å². The fraction of sp³-hybridized carbons (Fsp3) is 0.433. The molecule has 0 spiro atoms. The lowest BCUT2D eigenvalue weighted by Crippen LogP contribution is -2.15. The smallest absolute Gasteiger partial charge is 0.255 e. The normalized spacial score (nSPS) is 12.1. The summed E-state index contributed by atoms with van der Waals surface area (Å²) >= 11 is 0. The van der Waals surface area contributed by atoms with Crippen molar-refractivity contribution >= 4 is 23.2 Å². The molecule has 0 aliphatic heterocycles. The van der Waals surface area contributed by atoms with Gasteiger partial charge in [0.1, 0.15) is 11.6 Å². The number of amides is 1. The lowest BCUT2D eigenvalue weighted by molar-refractivity contribution is -0.119. The Morgan fingerprint density at radius 3 is 2.11 bits per heavy atom. The van der Waals surface area contributed by atoms with E-state index in [1.54, 1.807) is 12.1 Å². The monoisotopic (exact) mass is 481 g/mol. The second kappa shape index (κ2) is 15.0. The molecule has 2 rings (SSSR count). The number of hydrogen-bond acceptors (Lipinski definition) is 3. The Kier molecular flexibility index (Phi) is 12.9. The van der Waals surface area contributed by atoms with Crippen molar-refractivity contribution in [1.82, 2.24) is 0 Å². The molecule has 5 heteroatoms. The van der Waals surface area contributed by atoms with E-state index in [0.29, 0.717) is 47.8 Å². The number of halogens is 1. The molecule has 0 aliphatic rings. The molecule has 2 aromatic rings. The van der Waals surface area contributed by atoms with E-state index in [9.17, 15) is 18.8 Å². The molecule has 0 aromatic heterocycles. The molecule has 4 nitrogen and oxygen atoms in total. The van der Waals surface area contributed by atoms with Crippen LogP contribution in [0.2, 0.25) is 0 Å². The Balaban J connectivity index is 0.000000471. The van der Waals surface area contributed by atoms with E-state index >= 15 is 0 Å². The number of Topliss-reactive ketones (excluding diaryl/α,β-unsaturated/α-hetero) is 2. The summed E-state index contributed by atoms with van der Waals surface area (Å²) in [6.07, 6.45) is 3.85. The van der Waals surface area contributed by atoms with Gasteiger partial charge in [0, 0.05) is 35.6 Å². The first-order valence-corrected chi connectivity index (χ1v) is 12.4. The van der Waals surface area contributed by atoms with Gasteiger partial charge in [-0.15, -0.1) is 0 Å². The van der Waals surface area contributed by atoms with Gasteiger partial charge in [0.2, 0.25) is 0 Å². The number of hydrogen-bond donors (Lipinski definition) is 1. The van der Waals surface area contributed by atoms with Gasteiger partial charge < -0.3 is 5.32 Å². The number of carbonyl (C=O) groups is 3. The maximum atomic E-state index is 12.9. The number of carbonyl (C=O) groups excluding carboxylic acids is 3. The summed E-state index contributed by atoms with van der Waals surface area (Å²) in [4.78, 5) is 35.5. The van der Waals surface area contributed by atoms with Crippen LogP contribution < -0.4 is 5.32 Å². The number of benzene rings is 2. The lowest BCUT2D eigenvalue weighted by Gasteiger charge is -2.13. The van der Waals surface area contributed by atoms with Crippen molar-refractivity contribution in [3.63, 3.8) is 0 Å². The second-order valence-corrected chi connectivity index (χ2v) is 9.04. The zero-order valence-electron chi connectivity index (χ0n) is 22.0. The number of allylic oxidation sites excluding steroid dienone is 1. The fourth-order valence-electron chi connectivity index (χ4n) is 3.26. The third kappa shape index (κ3) is 9.97. The molecule has 0 bridgehead atoms. The van der Waals surface area contributed by atoms with Crippen molar-refractivity contribution in [1.29, 1.82) is 0 Å². The van der Waals surface area contributed by atoms with Crippen LogP contribution in [0.4, 0.5) is 10.1 Å². The Bertz CT molecular complexity index is 1010. The number of ketones is 2. The molecule has 0 saturated heterocycles. The molecular weight excluding hydrogens is 441 g/mol. The zero-order valence-corrected chi connectivity index (χ0v) is 22.0. The van der Waals surface area contributed by atoms with Gasteiger partial charge >= 0.3 is 0 Å². The summed E-state index contributed by atoms with van der Waals surface area (Å²) in [5.74, 6) is 0.273. The highest BCUT2D eigenvalue weighted by Crippen LogP contribution is 2.21. The largest absolute Gasteiger partial charge is 0.322 e. The van der Waals surface area contributed by atoms with E-state index < -0.39 is 0 Å². The van der Waals surface area contributed by atoms with Crippen LogP contribution in [0.5, 0.6) is 0 Å². The lowest BCUT2D eigenvalue weighted by atomic mass is 9.92. The number of rotatable bonds is 11. The first-order valence-electron chi connectivity index (χ1n) is 12.4. The number of anilines is 1. The molecule has 190 valence electrons. The van der Waals surface area contributed by atoms with Crippen LogP contribution in [0.1, 0.15) is 93.5 Å². The summed E-state index contributed by atoms with van der Waals surface area (Å²) < 4.78 is 12.9. The van der Waals surface area contributed by atoms with Crippen LogP contribution in [0, 0.1) is 17.7 Å². The summed E-state index contributed by atoms with van der Waals surface area (Å²) in [7, 11) is 0. The molecule has 1 amide bonds. The Hall–Kier alpha value is -3.08. The minimum atomic E-state index is -0.382. The van der Waals surface area contributed by atoms with Crippen LogP contribution in [-0.4, -0.2) is 17.5 Å². The van der Waals surface area contributed by atoms with Gasteiger partial charge in [0.25, 0.3) is 5.91 Å². The summed E-state index contributed by atoms with van der Waals surface area (Å²) in [6.45, 7) is 15.8. The molecule has 2 unspecified atom stereocenters. The molecule has 0 radical (unpaired) electrons. The van der Waals surface area contributed by atoms with Crippen molar-refractivity contribution in [3.05, 3.63) is 77.1 Å². The SMILES string of the molecule is C=C(C)C(C)CCC(=O)CC.CCc1cc(NC(=O)c2ccc(F)cc2)ccc1C(=O)C(C)CC. The molecule has 0 fully saturated rings. The average molecular weight is 482 g/mol. The Morgan fingerprint density at radius 1 is 0.971 bits per heavy atom. The topological polar surface area (TPSA) is 63.2 Å². The van der Waals surface area contributed by atoms with Crippen molar-refractivity contribution in [3.8, 4) is 0 Å². The predicted molar refractivity (Wildman–Crippen MR) is 142 cm³/mol. The molecule has 35 heavy (non-hydrogen) atoms. The van der Waals surface area contributed by atoms with Crippen LogP contribution in [0.25, 0.3) is 0 Å². The first-order chi connectivity index (χ1) is 16.5. The van der Waals surface area contributed by atoms with E-state index in [-0.39, 0.29) is 23.4 Å². The van der Waals surface area contributed by atoms with Crippen LogP contribution in [0.15, 0.2) is 54.6 Å². The van der Waals surface area contributed by atoms with Gasteiger partial charge in [-0.05, 0) is 80.1 Å². The van der Waals surface area contributed by atoms with Crippen molar-refractivity contribution < 1.29 is 18.8 Å². The standard InChI is InChI=1S/C20H22FNO2.C10H18O/c1-4-13(3)19(23)18-11-10-17(12-14(18)5-2)22-20(24)15-6-8-16(21)9-7-15;1-5-10(11)7-6-9(4)8(2)3/h6-13H,4-5H2,1-3H3,(H,22,24);9H,2,5-7H2,1,3-4H3. The highest BCUT2D eigenvalue weighted by molar-refractivity contribution is 6.05. The maximum absolute atomic E-state index is 12.9. The van der Waals surface area contributed by atoms with Crippen LogP contribution >= 0.6 is 0 Å².